The summed E-state index contributed by atoms with van der Waals surface area (Å²) < 4.78 is 22.6. The van der Waals surface area contributed by atoms with Crippen LogP contribution in [0.1, 0.15) is 6.92 Å². The molecule has 0 bridgehead atoms. The van der Waals surface area contributed by atoms with Crippen LogP contribution < -0.4 is 5.32 Å². The van der Waals surface area contributed by atoms with Crippen LogP contribution in [0.4, 0.5) is 5.82 Å². The molecule has 1 heterocycles. The van der Waals surface area contributed by atoms with Crippen molar-refractivity contribution in [3.8, 4) is 0 Å². The summed E-state index contributed by atoms with van der Waals surface area (Å²) in [5.41, 5.74) is 0. The summed E-state index contributed by atoms with van der Waals surface area (Å²) in [6, 6.07) is 1.61. The van der Waals surface area contributed by atoms with Gasteiger partial charge in [0.25, 0.3) is 0 Å². The summed E-state index contributed by atoms with van der Waals surface area (Å²) in [4.78, 5) is 7.51. The number of nitrogens with zero attached hydrogens (tertiary/aromatic N) is 2. The molecule has 0 aromatic carbocycles. The third-order valence-electron chi connectivity index (χ3n) is 1.55. The number of hydrogen-bond acceptors (Lipinski definition) is 5. The first-order valence-corrected chi connectivity index (χ1v) is 5.49. The van der Waals surface area contributed by atoms with E-state index in [4.69, 9.17) is 0 Å². The Balaban J connectivity index is 3.17. The molecule has 6 heteroatoms. The Hall–Kier alpha value is -1.17. The number of nitrogens with one attached hydrogen (secondary N) is 1. The number of anilines is 1. The predicted octanol–water partition coefficient (Wildman–Crippen LogP) is 0.312. The third kappa shape index (κ3) is 2.15. The molecule has 1 aromatic rings. The van der Waals surface area contributed by atoms with Gasteiger partial charge in [0.1, 0.15) is 5.82 Å². The van der Waals surface area contributed by atoms with Gasteiger partial charge in [-0.1, -0.05) is 6.92 Å². The normalized spacial score (nSPS) is 11.2. The lowest BCUT2D eigenvalue weighted by Crippen LogP contribution is -2.09. The van der Waals surface area contributed by atoms with Gasteiger partial charge in [-0.25, -0.2) is 18.4 Å². The highest BCUT2D eigenvalue weighted by Crippen LogP contribution is 2.07. The molecule has 0 saturated heterocycles. The summed E-state index contributed by atoms with van der Waals surface area (Å²) in [5, 5.41) is 2.62. The number of aromatic nitrogens is 2. The molecule has 1 N–H and O–H groups in total. The lowest BCUT2D eigenvalue weighted by molar-refractivity contribution is 0.588. The second-order valence-corrected chi connectivity index (χ2v) is 4.55. The minimum atomic E-state index is -3.29. The van der Waals surface area contributed by atoms with Crippen LogP contribution in [0.15, 0.2) is 17.4 Å². The highest BCUT2D eigenvalue weighted by Gasteiger charge is 2.14. The van der Waals surface area contributed by atoms with Crippen LogP contribution in [0.3, 0.4) is 0 Å². The van der Waals surface area contributed by atoms with Crippen molar-refractivity contribution in [1.82, 2.24) is 9.97 Å². The summed E-state index contributed by atoms with van der Waals surface area (Å²) in [5.74, 6) is 0.516. The lowest BCUT2D eigenvalue weighted by atomic mass is 10.6. The number of hydrogen-bond donors (Lipinski definition) is 1. The van der Waals surface area contributed by atoms with E-state index in [9.17, 15) is 8.42 Å². The molecule has 5 nitrogen and oxygen atoms in total. The van der Waals surface area contributed by atoms with E-state index in [0.717, 1.165) is 0 Å². The van der Waals surface area contributed by atoms with E-state index in [1.807, 2.05) is 0 Å². The smallest absolute Gasteiger partial charge is 0.248 e. The zero-order valence-electron chi connectivity index (χ0n) is 7.48. The lowest BCUT2D eigenvalue weighted by Gasteiger charge is -2.01. The maximum atomic E-state index is 11.3. The van der Waals surface area contributed by atoms with Crippen molar-refractivity contribution in [3.05, 3.63) is 12.3 Å². The van der Waals surface area contributed by atoms with Crippen LogP contribution in [-0.4, -0.2) is 31.2 Å². The van der Waals surface area contributed by atoms with Gasteiger partial charge in [0.15, 0.2) is 0 Å². The van der Waals surface area contributed by atoms with Crippen LogP contribution in [0.2, 0.25) is 0 Å². The highest BCUT2D eigenvalue weighted by molar-refractivity contribution is 7.91. The first-order valence-electron chi connectivity index (χ1n) is 3.83. The van der Waals surface area contributed by atoms with Gasteiger partial charge < -0.3 is 5.32 Å². The van der Waals surface area contributed by atoms with Crippen molar-refractivity contribution >= 4 is 15.7 Å². The van der Waals surface area contributed by atoms with Crippen molar-refractivity contribution in [2.75, 3.05) is 18.1 Å². The van der Waals surface area contributed by atoms with Gasteiger partial charge in [0, 0.05) is 13.2 Å². The average molecular weight is 201 g/mol. The van der Waals surface area contributed by atoms with Gasteiger partial charge in [0.05, 0.1) is 5.75 Å². The molecular weight excluding hydrogens is 190 g/mol. The predicted molar refractivity (Wildman–Crippen MR) is 49.3 cm³/mol. The van der Waals surface area contributed by atoms with Gasteiger partial charge in [-0.3, -0.25) is 0 Å². The minimum Gasteiger partial charge on any atom is -0.373 e. The SMILES string of the molecule is CCS(=O)(=O)c1nccc(NC)n1. The van der Waals surface area contributed by atoms with Crippen LogP contribution in [0, 0.1) is 0 Å². The van der Waals surface area contributed by atoms with Gasteiger partial charge in [0.2, 0.25) is 15.0 Å². The van der Waals surface area contributed by atoms with Crippen LogP contribution in [-0.2, 0) is 9.84 Å². The fourth-order valence-electron chi connectivity index (χ4n) is 0.759. The fraction of sp³-hybridized carbons (Fsp3) is 0.429. The van der Waals surface area contributed by atoms with Crippen molar-refractivity contribution in [1.29, 1.82) is 0 Å². The topological polar surface area (TPSA) is 72.0 Å². The Bertz CT molecular complexity index is 388. The highest BCUT2D eigenvalue weighted by atomic mass is 32.2. The van der Waals surface area contributed by atoms with E-state index in [1.165, 1.54) is 6.20 Å². The molecule has 0 saturated carbocycles. The van der Waals surface area contributed by atoms with Crippen molar-refractivity contribution in [3.63, 3.8) is 0 Å². The maximum Gasteiger partial charge on any atom is 0.248 e. The summed E-state index contributed by atoms with van der Waals surface area (Å²) in [6.07, 6.45) is 1.42. The Morgan fingerprint density at radius 1 is 1.54 bits per heavy atom. The second-order valence-electron chi connectivity index (χ2n) is 2.38. The first kappa shape index (κ1) is 9.91. The molecule has 1 rings (SSSR count). The van der Waals surface area contributed by atoms with E-state index < -0.39 is 9.84 Å². The Morgan fingerprint density at radius 3 is 2.77 bits per heavy atom. The Labute approximate surface area is 77.1 Å². The molecule has 0 spiro atoms. The van der Waals surface area contributed by atoms with E-state index in [1.54, 1.807) is 20.0 Å². The van der Waals surface area contributed by atoms with Crippen molar-refractivity contribution < 1.29 is 8.42 Å². The molecule has 0 aliphatic carbocycles. The largest absolute Gasteiger partial charge is 0.373 e. The molecule has 1 aromatic heterocycles. The summed E-state index contributed by atoms with van der Waals surface area (Å²) in [6.45, 7) is 1.56. The molecule has 0 unspecified atom stereocenters. The van der Waals surface area contributed by atoms with Crippen molar-refractivity contribution in [2.45, 2.75) is 12.1 Å². The van der Waals surface area contributed by atoms with Gasteiger partial charge in [-0.2, -0.15) is 0 Å². The number of rotatable bonds is 3. The standard InChI is InChI=1S/C7H11N3O2S/c1-3-13(11,12)7-9-5-4-6(8-2)10-7/h4-5H,3H2,1-2H3,(H,8,9,10). The second kappa shape index (κ2) is 3.69. The Kier molecular flexibility index (Phi) is 2.82. The molecule has 0 fully saturated rings. The molecule has 0 radical (unpaired) electrons. The van der Waals surface area contributed by atoms with E-state index in [-0.39, 0.29) is 10.9 Å². The van der Waals surface area contributed by atoms with Crippen LogP contribution >= 0.6 is 0 Å². The zero-order valence-corrected chi connectivity index (χ0v) is 8.30. The van der Waals surface area contributed by atoms with Gasteiger partial charge >= 0.3 is 0 Å². The quantitative estimate of drug-likeness (QED) is 0.713. The maximum absolute atomic E-state index is 11.3. The molecule has 0 aliphatic rings. The molecule has 0 atom stereocenters. The monoisotopic (exact) mass is 201 g/mol. The van der Waals surface area contributed by atoms with E-state index >= 15 is 0 Å². The fourth-order valence-corrected chi connectivity index (χ4v) is 1.48. The zero-order chi connectivity index (χ0) is 9.90. The first-order chi connectivity index (χ1) is 6.10. The van der Waals surface area contributed by atoms with Crippen molar-refractivity contribution in [2.24, 2.45) is 0 Å². The van der Waals surface area contributed by atoms with Crippen LogP contribution in [0.5, 0.6) is 0 Å². The molecular formula is C7H11N3O2S. The third-order valence-corrected chi connectivity index (χ3v) is 3.06. The van der Waals surface area contributed by atoms with E-state index in [0.29, 0.717) is 5.82 Å². The Morgan fingerprint density at radius 2 is 2.23 bits per heavy atom. The molecule has 0 aliphatic heterocycles. The molecule has 0 amide bonds. The molecule has 72 valence electrons. The van der Waals surface area contributed by atoms with Crippen LogP contribution in [0.25, 0.3) is 0 Å². The number of sulfone groups is 1. The van der Waals surface area contributed by atoms with Gasteiger partial charge in [-0.15, -0.1) is 0 Å². The minimum absolute atomic E-state index is 0.0141. The molecule has 13 heavy (non-hydrogen) atoms. The van der Waals surface area contributed by atoms with Gasteiger partial charge in [-0.05, 0) is 6.07 Å². The summed E-state index contributed by atoms with van der Waals surface area (Å²) >= 11 is 0. The average Bonchev–Trinajstić information content (AvgIpc) is 2.18. The summed E-state index contributed by atoms with van der Waals surface area (Å²) in [7, 11) is -1.62. The van der Waals surface area contributed by atoms with E-state index in [2.05, 4.69) is 15.3 Å².